The number of likely N-dealkylation sites (N-methyl/N-ethyl adjacent to an activating group) is 1. The van der Waals surface area contributed by atoms with Crippen LogP contribution < -0.4 is 11.1 Å². The molecule has 0 saturated carbocycles. The van der Waals surface area contributed by atoms with Crippen molar-refractivity contribution in [2.45, 2.75) is 26.8 Å². The summed E-state index contributed by atoms with van der Waals surface area (Å²) in [7, 11) is 1.54. The maximum absolute atomic E-state index is 12.3. The van der Waals surface area contributed by atoms with Gasteiger partial charge in [0.05, 0.1) is 12.2 Å². The third kappa shape index (κ3) is 3.70. The Morgan fingerprint density at radius 3 is 2.63 bits per heavy atom. The van der Waals surface area contributed by atoms with Crippen LogP contribution in [0.1, 0.15) is 30.8 Å². The number of nitrogen functional groups attached to an aromatic ring is 1. The van der Waals surface area contributed by atoms with Gasteiger partial charge < -0.3 is 16.0 Å². The minimum atomic E-state index is -0.310. The summed E-state index contributed by atoms with van der Waals surface area (Å²) in [6.07, 6.45) is 2.38. The van der Waals surface area contributed by atoms with Crippen LogP contribution in [-0.4, -0.2) is 46.6 Å². The van der Waals surface area contributed by atoms with Crippen molar-refractivity contribution in [1.29, 1.82) is 0 Å². The van der Waals surface area contributed by atoms with Gasteiger partial charge in [-0.3, -0.25) is 14.3 Å². The van der Waals surface area contributed by atoms with Crippen LogP contribution >= 0.6 is 0 Å². The molecule has 7 heteroatoms. The fraction of sp³-hybridized carbons (Fsp3) is 0.583. The van der Waals surface area contributed by atoms with Gasteiger partial charge in [0.2, 0.25) is 5.91 Å². The van der Waals surface area contributed by atoms with Crippen LogP contribution in [0.15, 0.2) is 6.20 Å². The number of amides is 2. The molecule has 1 rings (SSSR count). The van der Waals surface area contributed by atoms with E-state index >= 15 is 0 Å². The number of carbonyl (C=O) groups is 2. The van der Waals surface area contributed by atoms with Crippen LogP contribution in [0.5, 0.6) is 0 Å². The Bertz CT molecular complexity index is 455. The SMILES string of the molecule is CCCN(CC(=O)NC)C(=O)c1nn(CC)cc1N. The number of nitrogens with one attached hydrogen (secondary N) is 1. The summed E-state index contributed by atoms with van der Waals surface area (Å²) in [6.45, 7) is 5.00. The number of anilines is 1. The molecule has 0 fully saturated rings. The molecule has 106 valence electrons. The molecule has 0 bridgehead atoms. The van der Waals surface area contributed by atoms with E-state index in [1.54, 1.807) is 10.9 Å². The highest BCUT2D eigenvalue weighted by molar-refractivity contribution is 5.98. The van der Waals surface area contributed by atoms with Crippen LogP contribution in [0, 0.1) is 0 Å². The van der Waals surface area contributed by atoms with Gasteiger partial charge in [-0.15, -0.1) is 0 Å². The third-order valence-electron chi connectivity index (χ3n) is 2.71. The topological polar surface area (TPSA) is 93.2 Å². The zero-order valence-electron chi connectivity index (χ0n) is 11.6. The van der Waals surface area contributed by atoms with E-state index in [0.717, 1.165) is 6.42 Å². The van der Waals surface area contributed by atoms with Crippen molar-refractivity contribution >= 4 is 17.5 Å². The minimum absolute atomic E-state index is 0.0155. The van der Waals surface area contributed by atoms with Gasteiger partial charge in [-0.25, -0.2) is 0 Å². The average Bonchev–Trinajstić information content (AvgIpc) is 2.78. The number of rotatable bonds is 6. The number of hydrogen-bond acceptors (Lipinski definition) is 4. The lowest BCUT2D eigenvalue weighted by atomic mass is 10.3. The molecular weight excluding hydrogens is 246 g/mol. The quantitative estimate of drug-likeness (QED) is 0.763. The van der Waals surface area contributed by atoms with Gasteiger partial charge in [-0.2, -0.15) is 5.10 Å². The molecule has 1 aromatic heterocycles. The van der Waals surface area contributed by atoms with Gasteiger partial charge in [-0.1, -0.05) is 6.92 Å². The second-order valence-corrected chi connectivity index (χ2v) is 4.19. The highest BCUT2D eigenvalue weighted by atomic mass is 16.2. The molecule has 0 aliphatic rings. The number of carbonyl (C=O) groups excluding carboxylic acids is 2. The van der Waals surface area contributed by atoms with Gasteiger partial charge >= 0.3 is 0 Å². The highest BCUT2D eigenvalue weighted by Crippen LogP contribution is 2.12. The van der Waals surface area contributed by atoms with Gasteiger partial charge in [0.1, 0.15) is 0 Å². The second kappa shape index (κ2) is 6.77. The second-order valence-electron chi connectivity index (χ2n) is 4.19. The Kier molecular flexibility index (Phi) is 5.35. The first kappa shape index (κ1) is 15.0. The number of aromatic nitrogens is 2. The molecule has 0 radical (unpaired) electrons. The lowest BCUT2D eigenvalue weighted by molar-refractivity contribution is -0.121. The molecule has 3 N–H and O–H groups in total. The van der Waals surface area contributed by atoms with E-state index in [0.29, 0.717) is 18.8 Å². The van der Waals surface area contributed by atoms with Crippen molar-refractivity contribution in [2.24, 2.45) is 0 Å². The standard InChI is InChI=1S/C12H21N5O2/c1-4-6-16(8-10(18)14-3)12(19)11-9(13)7-17(5-2)15-11/h7H,4-6,8,13H2,1-3H3,(H,14,18). The van der Waals surface area contributed by atoms with Crippen LogP contribution in [0.25, 0.3) is 0 Å². The molecule has 2 amide bonds. The van der Waals surface area contributed by atoms with Gasteiger partial charge in [0, 0.05) is 26.3 Å². The fourth-order valence-electron chi connectivity index (χ4n) is 1.69. The van der Waals surface area contributed by atoms with Crippen LogP contribution in [0.2, 0.25) is 0 Å². The van der Waals surface area contributed by atoms with E-state index in [1.807, 2.05) is 13.8 Å². The van der Waals surface area contributed by atoms with E-state index in [9.17, 15) is 9.59 Å². The monoisotopic (exact) mass is 267 g/mol. The Hall–Kier alpha value is -2.05. The maximum Gasteiger partial charge on any atom is 0.276 e. The molecule has 1 aromatic rings. The van der Waals surface area contributed by atoms with Crippen molar-refractivity contribution in [3.05, 3.63) is 11.9 Å². The summed E-state index contributed by atoms with van der Waals surface area (Å²) in [5.74, 6) is -0.523. The predicted octanol–water partition coefficient (Wildman–Crippen LogP) is 0.0834. The van der Waals surface area contributed by atoms with Crippen molar-refractivity contribution in [3.63, 3.8) is 0 Å². The molecule has 0 spiro atoms. The molecule has 0 aliphatic heterocycles. The molecule has 19 heavy (non-hydrogen) atoms. The lowest BCUT2D eigenvalue weighted by Gasteiger charge is -2.20. The first-order chi connectivity index (χ1) is 9.03. The summed E-state index contributed by atoms with van der Waals surface area (Å²) in [5, 5.41) is 6.63. The normalized spacial score (nSPS) is 10.3. The molecule has 0 saturated heterocycles. The third-order valence-corrected chi connectivity index (χ3v) is 2.71. The van der Waals surface area contributed by atoms with Gasteiger partial charge in [-0.05, 0) is 13.3 Å². The zero-order chi connectivity index (χ0) is 14.4. The first-order valence-corrected chi connectivity index (χ1v) is 6.36. The molecule has 0 unspecified atom stereocenters. The lowest BCUT2D eigenvalue weighted by Crippen LogP contribution is -2.40. The fourth-order valence-corrected chi connectivity index (χ4v) is 1.69. The summed E-state index contributed by atoms with van der Waals surface area (Å²) >= 11 is 0. The van der Waals surface area contributed by atoms with Gasteiger partial charge in [0.15, 0.2) is 5.69 Å². The zero-order valence-corrected chi connectivity index (χ0v) is 11.6. The van der Waals surface area contributed by atoms with E-state index < -0.39 is 0 Å². The Balaban J connectivity index is 2.91. The molecule has 1 heterocycles. The molecular formula is C12H21N5O2. The highest BCUT2D eigenvalue weighted by Gasteiger charge is 2.22. The van der Waals surface area contributed by atoms with Crippen LogP contribution in [-0.2, 0) is 11.3 Å². The smallest absolute Gasteiger partial charge is 0.276 e. The Morgan fingerprint density at radius 1 is 1.47 bits per heavy atom. The van der Waals surface area contributed by atoms with E-state index in [-0.39, 0.29) is 24.1 Å². The van der Waals surface area contributed by atoms with Crippen molar-refractivity contribution in [3.8, 4) is 0 Å². The first-order valence-electron chi connectivity index (χ1n) is 6.36. The van der Waals surface area contributed by atoms with Crippen LogP contribution in [0.3, 0.4) is 0 Å². The number of nitrogens with zero attached hydrogens (tertiary/aromatic N) is 3. The summed E-state index contributed by atoms with van der Waals surface area (Å²) < 4.78 is 1.60. The molecule has 0 atom stereocenters. The maximum atomic E-state index is 12.3. The average molecular weight is 267 g/mol. The summed E-state index contributed by atoms with van der Waals surface area (Å²) in [5.41, 5.74) is 6.33. The van der Waals surface area contributed by atoms with Crippen molar-refractivity contribution in [1.82, 2.24) is 20.0 Å². The Labute approximate surface area is 112 Å². The largest absolute Gasteiger partial charge is 0.396 e. The minimum Gasteiger partial charge on any atom is -0.396 e. The number of nitrogens with two attached hydrogens (primary N) is 1. The summed E-state index contributed by atoms with van der Waals surface area (Å²) in [4.78, 5) is 25.2. The van der Waals surface area contributed by atoms with E-state index in [4.69, 9.17) is 5.73 Å². The van der Waals surface area contributed by atoms with Crippen LogP contribution in [0.4, 0.5) is 5.69 Å². The Morgan fingerprint density at radius 2 is 2.16 bits per heavy atom. The van der Waals surface area contributed by atoms with Crippen molar-refractivity contribution in [2.75, 3.05) is 25.9 Å². The predicted molar refractivity (Wildman–Crippen MR) is 72.6 cm³/mol. The molecule has 0 aromatic carbocycles. The molecule has 0 aliphatic carbocycles. The molecule has 7 nitrogen and oxygen atoms in total. The van der Waals surface area contributed by atoms with Crippen molar-refractivity contribution < 1.29 is 9.59 Å². The van der Waals surface area contributed by atoms with E-state index in [1.165, 1.54) is 11.9 Å². The number of aryl methyl sites for hydroxylation is 1. The van der Waals surface area contributed by atoms with Gasteiger partial charge in [0.25, 0.3) is 5.91 Å². The van der Waals surface area contributed by atoms with E-state index in [2.05, 4.69) is 10.4 Å². The summed E-state index contributed by atoms with van der Waals surface area (Å²) in [6, 6.07) is 0. The number of hydrogen-bond donors (Lipinski definition) is 2.